The highest BCUT2D eigenvalue weighted by molar-refractivity contribution is 9.10. The van der Waals surface area contributed by atoms with Crippen LogP contribution in [0.3, 0.4) is 0 Å². The minimum atomic E-state index is 0.288. The highest BCUT2D eigenvalue weighted by Crippen LogP contribution is 2.20. The van der Waals surface area contributed by atoms with Crippen LogP contribution in [0.4, 0.5) is 0 Å². The van der Waals surface area contributed by atoms with Gasteiger partial charge in [0.2, 0.25) is 0 Å². The van der Waals surface area contributed by atoms with Crippen molar-refractivity contribution in [1.29, 1.82) is 0 Å². The number of aliphatic hydroxyl groups excluding tert-OH is 1. The fourth-order valence-corrected chi connectivity index (χ4v) is 2.56. The molecule has 1 heterocycles. The Morgan fingerprint density at radius 2 is 2.00 bits per heavy atom. The van der Waals surface area contributed by atoms with Gasteiger partial charge in [-0.25, -0.2) is 0 Å². The Morgan fingerprint density at radius 1 is 1.25 bits per heavy atom. The van der Waals surface area contributed by atoms with Crippen LogP contribution in [-0.2, 0) is 6.54 Å². The molecule has 0 spiro atoms. The van der Waals surface area contributed by atoms with E-state index in [9.17, 15) is 5.11 Å². The van der Waals surface area contributed by atoms with E-state index in [0.717, 1.165) is 24.0 Å². The van der Waals surface area contributed by atoms with Gasteiger partial charge in [-0.1, -0.05) is 34.5 Å². The lowest BCUT2D eigenvalue weighted by Gasteiger charge is -2.34. The van der Waals surface area contributed by atoms with Crippen LogP contribution in [-0.4, -0.2) is 29.2 Å². The minimum absolute atomic E-state index is 0.288. The quantitative estimate of drug-likeness (QED) is 0.922. The lowest BCUT2D eigenvalue weighted by atomic mass is 10.0. The Kier molecular flexibility index (Phi) is 4.38. The average Bonchev–Trinajstić information content (AvgIpc) is 2.33. The van der Waals surface area contributed by atoms with E-state index in [1.165, 1.54) is 18.4 Å². The van der Waals surface area contributed by atoms with Gasteiger partial charge in [-0.15, -0.1) is 0 Å². The van der Waals surface area contributed by atoms with Gasteiger partial charge in [-0.3, -0.25) is 4.90 Å². The van der Waals surface area contributed by atoms with E-state index in [2.05, 4.69) is 45.1 Å². The molecule has 16 heavy (non-hydrogen) atoms. The summed E-state index contributed by atoms with van der Waals surface area (Å²) in [5.74, 6) is 0. The summed E-state index contributed by atoms with van der Waals surface area (Å²) in [7, 11) is 0. The van der Waals surface area contributed by atoms with Crippen LogP contribution < -0.4 is 0 Å². The van der Waals surface area contributed by atoms with Gasteiger partial charge < -0.3 is 5.11 Å². The minimum Gasteiger partial charge on any atom is -0.395 e. The monoisotopic (exact) mass is 283 g/mol. The third kappa shape index (κ3) is 3.06. The first-order chi connectivity index (χ1) is 7.79. The lowest BCUT2D eigenvalue weighted by Crippen LogP contribution is -2.41. The van der Waals surface area contributed by atoms with Crippen LogP contribution in [0.2, 0.25) is 0 Å². The summed E-state index contributed by atoms with van der Waals surface area (Å²) in [6.45, 7) is 2.36. The summed E-state index contributed by atoms with van der Waals surface area (Å²) >= 11 is 3.44. The van der Waals surface area contributed by atoms with Gasteiger partial charge in [0.15, 0.2) is 0 Å². The van der Waals surface area contributed by atoms with Gasteiger partial charge in [0, 0.05) is 17.1 Å². The molecule has 0 saturated carbocycles. The molecule has 0 aromatic heterocycles. The molecule has 1 aromatic carbocycles. The molecule has 0 bridgehead atoms. The molecule has 88 valence electrons. The van der Waals surface area contributed by atoms with Crippen molar-refractivity contribution >= 4 is 15.9 Å². The van der Waals surface area contributed by atoms with Crippen molar-refractivity contribution in [3.63, 3.8) is 0 Å². The van der Waals surface area contributed by atoms with Crippen LogP contribution in [0.15, 0.2) is 28.7 Å². The molecular formula is C13H18BrNO. The smallest absolute Gasteiger partial charge is 0.0586 e. The summed E-state index contributed by atoms with van der Waals surface area (Å²) < 4.78 is 1.12. The maximum Gasteiger partial charge on any atom is 0.0586 e. The zero-order chi connectivity index (χ0) is 11.4. The van der Waals surface area contributed by atoms with Crippen molar-refractivity contribution in [2.75, 3.05) is 13.2 Å². The Labute approximate surface area is 105 Å². The molecule has 1 N–H and O–H groups in total. The highest BCUT2D eigenvalue weighted by atomic mass is 79.9. The Balaban J connectivity index is 1.99. The number of piperidine rings is 1. The van der Waals surface area contributed by atoms with Crippen molar-refractivity contribution in [3.8, 4) is 0 Å². The van der Waals surface area contributed by atoms with Crippen molar-refractivity contribution in [3.05, 3.63) is 34.3 Å². The van der Waals surface area contributed by atoms with Gasteiger partial charge >= 0.3 is 0 Å². The molecule has 0 radical (unpaired) electrons. The fraction of sp³-hybridized carbons (Fsp3) is 0.538. The molecule has 1 fully saturated rings. The first-order valence-corrected chi connectivity index (χ1v) is 6.68. The number of hydrogen-bond donors (Lipinski definition) is 1. The van der Waals surface area contributed by atoms with Crippen molar-refractivity contribution in [2.24, 2.45) is 0 Å². The van der Waals surface area contributed by atoms with Gasteiger partial charge in [-0.2, -0.15) is 0 Å². The van der Waals surface area contributed by atoms with Gasteiger partial charge in [0.05, 0.1) is 6.61 Å². The molecule has 2 nitrogen and oxygen atoms in total. The van der Waals surface area contributed by atoms with Gasteiger partial charge in [-0.05, 0) is 37.1 Å². The zero-order valence-corrected chi connectivity index (χ0v) is 11.0. The second kappa shape index (κ2) is 5.80. The Morgan fingerprint density at radius 3 is 2.69 bits per heavy atom. The first-order valence-electron chi connectivity index (χ1n) is 5.89. The van der Waals surface area contributed by atoms with E-state index in [0.29, 0.717) is 6.04 Å². The summed E-state index contributed by atoms with van der Waals surface area (Å²) in [6, 6.07) is 8.80. The number of benzene rings is 1. The Hall–Kier alpha value is -0.380. The van der Waals surface area contributed by atoms with Crippen LogP contribution in [0.1, 0.15) is 24.8 Å². The van der Waals surface area contributed by atoms with Crippen molar-refractivity contribution in [2.45, 2.75) is 31.8 Å². The van der Waals surface area contributed by atoms with Crippen LogP contribution in [0.5, 0.6) is 0 Å². The number of halogens is 1. The number of likely N-dealkylation sites (tertiary alicyclic amines) is 1. The summed E-state index contributed by atoms with van der Waals surface area (Å²) in [5, 5.41) is 9.33. The second-order valence-corrected chi connectivity index (χ2v) is 5.34. The molecule has 0 amide bonds. The first kappa shape index (κ1) is 12.1. The van der Waals surface area contributed by atoms with Crippen LogP contribution in [0, 0.1) is 0 Å². The molecule has 1 aliphatic heterocycles. The molecule has 1 aromatic rings. The molecule has 2 rings (SSSR count). The molecule has 1 unspecified atom stereocenters. The number of hydrogen-bond acceptors (Lipinski definition) is 2. The maximum absolute atomic E-state index is 9.33. The highest BCUT2D eigenvalue weighted by Gasteiger charge is 2.21. The summed E-state index contributed by atoms with van der Waals surface area (Å²) in [5.41, 5.74) is 1.32. The van der Waals surface area contributed by atoms with Crippen molar-refractivity contribution in [1.82, 2.24) is 4.90 Å². The van der Waals surface area contributed by atoms with E-state index >= 15 is 0 Å². The lowest BCUT2D eigenvalue weighted by molar-refractivity contribution is 0.0841. The molecular weight excluding hydrogens is 266 g/mol. The second-order valence-electron chi connectivity index (χ2n) is 4.43. The molecule has 3 heteroatoms. The Bertz CT molecular complexity index is 325. The van der Waals surface area contributed by atoms with Crippen LogP contribution >= 0.6 is 15.9 Å². The largest absolute Gasteiger partial charge is 0.395 e. The van der Waals surface area contributed by atoms with E-state index in [1.807, 2.05) is 0 Å². The standard InChI is InChI=1S/C13H18BrNO/c14-12-6-4-11(5-7-12)9-15-8-2-1-3-13(15)10-16/h4-7,13,16H,1-3,8-10H2. The molecule has 1 aliphatic rings. The van der Waals surface area contributed by atoms with Crippen molar-refractivity contribution < 1.29 is 5.11 Å². The van der Waals surface area contributed by atoms with Gasteiger partial charge in [0.1, 0.15) is 0 Å². The maximum atomic E-state index is 9.33. The number of aliphatic hydroxyl groups is 1. The molecule has 0 aliphatic carbocycles. The zero-order valence-electron chi connectivity index (χ0n) is 9.40. The average molecular weight is 284 g/mol. The molecule has 1 atom stereocenters. The van der Waals surface area contributed by atoms with E-state index < -0.39 is 0 Å². The van der Waals surface area contributed by atoms with E-state index in [-0.39, 0.29) is 6.61 Å². The SMILES string of the molecule is OCC1CCCCN1Cc1ccc(Br)cc1. The predicted octanol–water partition coefficient (Wildman–Crippen LogP) is 2.80. The van der Waals surface area contributed by atoms with E-state index in [4.69, 9.17) is 0 Å². The third-order valence-corrected chi connectivity index (χ3v) is 3.79. The van der Waals surface area contributed by atoms with Gasteiger partial charge in [0.25, 0.3) is 0 Å². The normalized spacial score (nSPS) is 22.2. The predicted molar refractivity (Wildman–Crippen MR) is 69.3 cm³/mol. The fourth-order valence-electron chi connectivity index (χ4n) is 2.30. The topological polar surface area (TPSA) is 23.5 Å². The summed E-state index contributed by atoms with van der Waals surface area (Å²) in [4.78, 5) is 2.40. The third-order valence-electron chi connectivity index (χ3n) is 3.26. The molecule has 1 saturated heterocycles. The number of nitrogens with zero attached hydrogens (tertiary/aromatic N) is 1. The number of rotatable bonds is 3. The van der Waals surface area contributed by atoms with Crippen LogP contribution in [0.25, 0.3) is 0 Å². The van der Waals surface area contributed by atoms with E-state index in [1.54, 1.807) is 0 Å². The summed E-state index contributed by atoms with van der Waals surface area (Å²) in [6.07, 6.45) is 3.64.